The predicted octanol–water partition coefficient (Wildman–Crippen LogP) is 4.31. The van der Waals surface area contributed by atoms with Crippen LogP contribution in [-0.4, -0.2) is 29.8 Å². The Balaban J connectivity index is 2.04. The molecule has 0 saturated heterocycles. The summed E-state index contributed by atoms with van der Waals surface area (Å²) in [6.45, 7) is 1.29. The van der Waals surface area contributed by atoms with Crippen molar-refractivity contribution in [3.8, 4) is 0 Å². The van der Waals surface area contributed by atoms with Gasteiger partial charge in [-0.2, -0.15) is 13.2 Å². The van der Waals surface area contributed by atoms with Crippen LogP contribution in [0.15, 0.2) is 40.2 Å². The molecule has 0 radical (unpaired) electrons. The molecule has 1 aromatic heterocycles. The molecule has 2 rings (SSSR count). The van der Waals surface area contributed by atoms with Crippen molar-refractivity contribution >= 4 is 39.1 Å². The van der Waals surface area contributed by atoms with Gasteiger partial charge >= 0.3 is 6.18 Å². The van der Waals surface area contributed by atoms with E-state index in [1.165, 1.54) is 48.4 Å². The number of rotatable bonds is 5. The maximum Gasteiger partial charge on any atom is 0.416 e. The Morgan fingerprint density at radius 3 is 2.46 bits per heavy atom. The molecule has 1 atom stereocenters. The van der Waals surface area contributed by atoms with Crippen molar-refractivity contribution in [3.63, 3.8) is 0 Å². The lowest BCUT2D eigenvalue weighted by atomic mass is 10.1. The molecule has 4 nitrogen and oxygen atoms in total. The molecule has 0 aliphatic carbocycles. The van der Waals surface area contributed by atoms with Gasteiger partial charge in [0.2, 0.25) is 5.91 Å². The zero-order chi connectivity index (χ0) is 19.5. The van der Waals surface area contributed by atoms with Crippen molar-refractivity contribution in [2.45, 2.75) is 25.7 Å². The number of benzene rings is 1. The van der Waals surface area contributed by atoms with Gasteiger partial charge in [-0.3, -0.25) is 9.59 Å². The normalized spacial score (nSPS) is 12.5. The van der Waals surface area contributed by atoms with E-state index in [1.807, 2.05) is 0 Å². The van der Waals surface area contributed by atoms with Crippen molar-refractivity contribution in [3.05, 3.63) is 56.2 Å². The van der Waals surface area contributed by atoms with Crippen molar-refractivity contribution in [2.24, 2.45) is 0 Å². The Morgan fingerprint density at radius 1 is 1.23 bits per heavy atom. The number of halogens is 4. The van der Waals surface area contributed by atoms with E-state index in [0.29, 0.717) is 4.88 Å². The predicted molar refractivity (Wildman–Crippen MR) is 96.9 cm³/mol. The second-order valence-electron chi connectivity index (χ2n) is 5.65. The second kappa shape index (κ2) is 8.22. The summed E-state index contributed by atoms with van der Waals surface area (Å²) in [6.07, 6.45) is -4.49. The van der Waals surface area contributed by atoms with Gasteiger partial charge in [-0.25, -0.2) is 0 Å². The molecule has 1 aromatic carbocycles. The van der Waals surface area contributed by atoms with E-state index in [2.05, 4.69) is 21.2 Å². The topological polar surface area (TPSA) is 49.4 Å². The van der Waals surface area contributed by atoms with Crippen LogP contribution in [0.3, 0.4) is 0 Å². The molecule has 1 heterocycles. The highest BCUT2D eigenvalue weighted by Gasteiger charge is 2.33. The summed E-state index contributed by atoms with van der Waals surface area (Å²) in [6, 6.07) is 7.56. The fraction of sp³-hybridized carbons (Fsp3) is 0.294. The van der Waals surface area contributed by atoms with Crippen LogP contribution in [0.2, 0.25) is 0 Å². The van der Waals surface area contributed by atoms with Crippen molar-refractivity contribution in [1.29, 1.82) is 0 Å². The van der Waals surface area contributed by atoms with E-state index in [4.69, 9.17) is 0 Å². The summed E-state index contributed by atoms with van der Waals surface area (Å²) in [5, 5.41) is 2.56. The first kappa shape index (κ1) is 20.4. The van der Waals surface area contributed by atoms with Crippen LogP contribution in [0, 0.1) is 0 Å². The van der Waals surface area contributed by atoms with Crippen LogP contribution in [0.4, 0.5) is 13.2 Å². The van der Waals surface area contributed by atoms with Crippen molar-refractivity contribution < 1.29 is 22.8 Å². The van der Waals surface area contributed by atoms with Crippen LogP contribution in [0.5, 0.6) is 0 Å². The molecule has 9 heteroatoms. The Morgan fingerprint density at radius 2 is 1.88 bits per heavy atom. The Bertz CT molecular complexity index is 807. The minimum atomic E-state index is -4.49. The molecule has 140 valence electrons. The Kier molecular flexibility index (Phi) is 6.46. The highest BCUT2D eigenvalue weighted by atomic mass is 79.9. The lowest BCUT2D eigenvalue weighted by Crippen LogP contribution is -2.45. The summed E-state index contributed by atoms with van der Waals surface area (Å²) in [4.78, 5) is 26.1. The molecular weight excluding hydrogens is 433 g/mol. The van der Waals surface area contributed by atoms with Gasteiger partial charge in [-0.05, 0) is 46.6 Å². The first-order chi connectivity index (χ1) is 12.1. The summed E-state index contributed by atoms with van der Waals surface area (Å²) in [7, 11) is 1.40. The first-order valence-electron chi connectivity index (χ1n) is 7.56. The highest BCUT2D eigenvalue weighted by molar-refractivity contribution is 9.11. The Hall–Kier alpha value is -1.87. The molecule has 0 spiro atoms. The molecule has 2 amide bonds. The molecule has 0 saturated carbocycles. The van der Waals surface area contributed by atoms with Gasteiger partial charge in [0.15, 0.2) is 0 Å². The Labute approximate surface area is 161 Å². The van der Waals surface area contributed by atoms with Crippen LogP contribution in [0.25, 0.3) is 0 Å². The van der Waals surface area contributed by atoms with Crippen molar-refractivity contribution in [1.82, 2.24) is 10.2 Å². The average Bonchev–Trinajstić information content (AvgIpc) is 3.00. The fourth-order valence-corrected chi connectivity index (χ4v) is 3.65. The largest absolute Gasteiger partial charge is 0.416 e. The van der Waals surface area contributed by atoms with Gasteiger partial charge in [0.1, 0.15) is 6.04 Å². The first-order valence-corrected chi connectivity index (χ1v) is 9.17. The zero-order valence-corrected chi connectivity index (χ0v) is 16.3. The summed E-state index contributed by atoms with van der Waals surface area (Å²) >= 11 is 4.47. The molecule has 26 heavy (non-hydrogen) atoms. The number of amides is 2. The third kappa shape index (κ3) is 5.07. The molecule has 0 fully saturated rings. The lowest BCUT2D eigenvalue weighted by Gasteiger charge is -2.23. The monoisotopic (exact) mass is 448 g/mol. The van der Waals surface area contributed by atoms with E-state index < -0.39 is 29.6 Å². The zero-order valence-electron chi connectivity index (χ0n) is 13.9. The second-order valence-corrected chi connectivity index (χ2v) is 8.11. The smallest absolute Gasteiger partial charge is 0.340 e. The number of thiophene rings is 1. The summed E-state index contributed by atoms with van der Waals surface area (Å²) in [5.74, 6) is -0.892. The highest BCUT2D eigenvalue weighted by Crippen LogP contribution is 2.32. The number of likely N-dealkylation sites (N-methyl/N-ethyl adjacent to an activating group) is 1. The lowest BCUT2D eigenvalue weighted by molar-refractivity contribution is -0.139. The average molecular weight is 449 g/mol. The third-order valence-corrected chi connectivity index (χ3v) is 5.24. The van der Waals surface area contributed by atoms with E-state index >= 15 is 0 Å². The minimum Gasteiger partial charge on any atom is -0.340 e. The van der Waals surface area contributed by atoms with E-state index in [0.717, 1.165) is 9.85 Å². The van der Waals surface area contributed by atoms with E-state index in [9.17, 15) is 22.8 Å². The number of hydrogen-bond acceptors (Lipinski definition) is 3. The number of carbonyl (C=O) groups excluding carboxylic acids is 2. The maximum atomic E-state index is 13.1. The summed E-state index contributed by atoms with van der Waals surface area (Å²) < 4.78 is 40.0. The molecule has 1 N–H and O–H groups in total. The van der Waals surface area contributed by atoms with E-state index in [1.54, 1.807) is 12.1 Å². The molecular formula is C17H16BrF3N2O2S. The standard InChI is InChI=1S/C17H16BrF3N2O2S/c1-10(22-15(24)13-7-8-14(18)26-13)16(25)23(2)9-11-5-3-4-6-12(11)17(19,20)21/h3-8,10H,9H2,1-2H3,(H,22,24)/t10-/m1/s1. The molecule has 0 bridgehead atoms. The minimum absolute atomic E-state index is 0.00318. The molecule has 0 aliphatic rings. The molecule has 2 aromatic rings. The number of alkyl halides is 3. The molecule has 0 aliphatic heterocycles. The van der Waals surface area contributed by atoms with Crippen molar-refractivity contribution in [2.75, 3.05) is 7.05 Å². The van der Waals surface area contributed by atoms with Gasteiger partial charge < -0.3 is 10.2 Å². The number of carbonyl (C=O) groups is 2. The van der Waals surface area contributed by atoms with Crippen LogP contribution < -0.4 is 5.32 Å². The van der Waals surface area contributed by atoms with Crippen LogP contribution in [0.1, 0.15) is 27.7 Å². The number of nitrogens with zero attached hydrogens (tertiary/aromatic N) is 1. The third-order valence-electron chi connectivity index (χ3n) is 3.62. The maximum absolute atomic E-state index is 13.1. The van der Waals surface area contributed by atoms with Gasteiger partial charge in [0.05, 0.1) is 14.2 Å². The van der Waals surface area contributed by atoms with Gasteiger partial charge in [0, 0.05) is 13.6 Å². The van der Waals surface area contributed by atoms with E-state index in [-0.39, 0.29) is 12.1 Å². The molecule has 0 unspecified atom stereocenters. The fourth-order valence-electron chi connectivity index (χ4n) is 2.36. The number of nitrogens with one attached hydrogen (secondary N) is 1. The summed E-state index contributed by atoms with van der Waals surface area (Å²) in [5.41, 5.74) is -0.781. The quantitative estimate of drug-likeness (QED) is 0.740. The SMILES string of the molecule is C[C@@H](NC(=O)c1ccc(Br)s1)C(=O)N(C)Cc1ccccc1C(F)(F)F. The van der Waals surface area contributed by atoms with Crippen LogP contribution in [-0.2, 0) is 17.5 Å². The van der Waals surface area contributed by atoms with Gasteiger partial charge in [0.25, 0.3) is 5.91 Å². The van der Waals surface area contributed by atoms with Gasteiger partial charge in [-0.1, -0.05) is 18.2 Å². The van der Waals surface area contributed by atoms with Gasteiger partial charge in [-0.15, -0.1) is 11.3 Å². The number of hydrogen-bond donors (Lipinski definition) is 1. The van der Waals surface area contributed by atoms with Crippen LogP contribution >= 0.6 is 27.3 Å².